The molecule has 1 heterocycles. The molecule has 0 aromatic heterocycles. The number of carbonyl (C=O) groups excluding carboxylic acids is 1. The van der Waals surface area contributed by atoms with E-state index in [1.807, 2.05) is 32.0 Å². The average Bonchev–Trinajstić information content (AvgIpc) is 2.43. The van der Waals surface area contributed by atoms with Crippen LogP contribution in [0.3, 0.4) is 0 Å². The summed E-state index contributed by atoms with van der Waals surface area (Å²) in [4.78, 5) is 12.1. The molecular formula is C14H20N2O3. The molecule has 1 amide bonds. The van der Waals surface area contributed by atoms with E-state index in [2.05, 4.69) is 5.32 Å². The molecule has 3 N–H and O–H groups in total. The lowest BCUT2D eigenvalue weighted by molar-refractivity contribution is -0.131. The van der Waals surface area contributed by atoms with E-state index in [1.165, 1.54) is 0 Å². The summed E-state index contributed by atoms with van der Waals surface area (Å²) in [5.74, 6) is 1.37. The molecule has 0 aliphatic carbocycles. The number of hydrogen-bond donors (Lipinski definition) is 2. The number of hydrogen-bond acceptors (Lipinski definition) is 4. The second-order valence-corrected chi connectivity index (χ2v) is 4.96. The quantitative estimate of drug-likeness (QED) is 0.848. The van der Waals surface area contributed by atoms with Gasteiger partial charge in [-0.15, -0.1) is 0 Å². The molecule has 5 heteroatoms. The van der Waals surface area contributed by atoms with Crippen molar-refractivity contribution in [3.05, 3.63) is 24.3 Å². The summed E-state index contributed by atoms with van der Waals surface area (Å²) in [6.07, 6.45) is -0.622. The van der Waals surface area contributed by atoms with Crippen molar-refractivity contribution >= 4 is 5.91 Å². The van der Waals surface area contributed by atoms with Crippen LogP contribution in [0.4, 0.5) is 0 Å². The van der Waals surface area contributed by atoms with Gasteiger partial charge in [-0.25, -0.2) is 0 Å². The summed E-state index contributed by atoms with van der Waals surface area (Å²) in [7, 11) is 0. The average molecular weight is 264 g/mol. The van der Waals surface area contributed by atoms with Gasteiger partial charge in [-0.1, -0.05) is 26.0 Å². The SMILES string of the molecule is CC(C)C(CN)NC(=O)C1COc2ccccc2O1. The molecule has 0 saturated carbocycles. The Morgan fingerprint density at radius 3 is 2.74 bits per heavy atom. The van der Waals surface area contributed by atoms with Crippen LogP contribution in [0.25, 0.3) is 0 Å². The number of carbonyl (C=O) groups is 1. The molecule has 2 atom stereocenters. The van der Waals surface area contributed by atoms with Crippen LogP contribution in [-0.2, 0) is 4.79 Å². The van der Waals surface area contributed by atoms with E-state index in [0.717, 1.165) is 0 Å². The van der Waals surface area contributed by atoms with Gasteiger partial charge in [0.25, 0.3) is 5.91 Å². The number of nitrogens with two attached hydrogens (primary N) is 1. The van der Waals surface area contributed by atoms with E-state index in [9.17, 15) is 4.79 Å². The van der Waals surface area contributed by atoms with Crippen molar-refractivity contribution in [3.63, 3.8) is 0 Å². The number of rotatable bonds is 4. The summed E-state index contributed by atoms with van der Waals surface area (Å²) < 4.78 is 11.2. The highest BCUT2D eigenvalue weighted by molar-refractivity contribution is 5.82. The van der Waals surface area contributed by atoms with Gasteiger partial charge in [-0.3, -0.25) is 4.79 Å². The Morgan fingerprint density at radius 1 is 1.42 bits per heavy atom. The molecule has 1 aliphatic heterocycles. The third-order valence-corrected chi connectivity index (χ3v) is 3.19. The molecule has 0 saturated heterocycles. The first-order valence-electron chi connectivity index (χ1n) is 6.50. The normalized spacial score (nSPS) is 19.1. The van der Waals surface area contributed by atoms with Crippen LogP contribution in [-0.4, -0.2) is 31.2 Å². The highest BCUT2D eigenvalue weighted by Gasteiger charge is 2.28. The summed E-state index contributed by atoms with van der Waals surface area (Å²) >= 11 is 0. The molecule has 5 nitrogen and oxygen atoms in total. The highest BCUT2D eigenvalue weighted by Crippen LogP contribution is 2.30. The minimum atomic E-state index is -0.622. The molecule has 0 radical (unpaired) electrons. The first-order chi connectivity index (χ1) is 9.11. The highest BCUT2D eigenvalue weighted by atomic mass is 16.6. The van der Waals surface area contributed by atoms with Crippen molar-refractivity contribution in [2.75, 3.05) is 13.2 Å². The Balaban J connectivity index is 1.99. The Kier molecular flexibility index (Phi) is 4.27. The van der Waals surface area contributed by atoms with Gasteiger partial charge >= 0.3 is 0 Å². The van der Waals surface area contributed by atoms with Gasteiger partial charge in [0.05, 0.1) is 0 Å². The van der Waals surface area contributed by atoms with E-state index < -0.39 is 6.10 Å². The Hall–Kier alpha value is -1.75. The fraction of sp³-hybridized carbons (Fsp3) is 0.500. The predicted molar refractivity (Wildman–Crippen MR) is 72.2 cm³/mol. The zero-order chi connectivity index (χ0) is 13.8. The smallest absolute Gasteiger partial charge is 0.264 e. The van der Waals surface area contributed by atoms with E-state index in [-0.39, 0.29) is 24.5 Å². The zero-order valence-electron chi connectivity index (χ0n) is 11.3. The zero-order valence-corrected chi connectivity index (χ0v) is 11.3. The molecule has 19 heavy (non-hydrogen) atoms. The van der Waals surface area contributed by atoms with E-state index in [0.29, 0.717) is 18.0 Å². The lowest BCUT2D eigenvalue weighted by atomic mass is 10.0. The number of nitrogens with one attached hydrogen (secondary N) is 1. The van der Waals surface area contributed by atoms with Crippen LogP contribution in [0.1, 0.15) is 13.8 Å². The maximum atomic E-state index is 12.1. The molecule has 0 spiro atoms. The monoisotopic (exact) mass is 264 g/mol. The van der Waals surface area contributed by atoms with Crippen LogP contribution in [0.5, 0.6) is 11.5 Å². The minimum absolute atomic E-state index is 0.0479. The Labute approximate surface area is 113 Å². The number of amides is 1. The molecule has 1 aliphatic rings. The minimum Gasteiger partial charge on any atom is -0.485 e. The largest absolute Gasteiger partial charge is 0.485 e. The van der Waals surface area contributed by atoms with Crippen molar-refractivity contribution < 1.29 is 14.3 Å². The molecule has 2 unspecified atom stereocenters. The first kappa shape index (κ1) is 13.7. The molecule has 1 aromatic carbocycles. The summed E-state index contributed by atoms with van der Waals surface area (Å²) in [6, 6.07) is 7.27. The number of para-hydroxylation sites is 2. The van der Waals surface area contributed by atoms with Crippen LogP contribution < -0.4 is 20.5 Å². The van der Waals surface area contributed by atoms with Gasteiger partial charge in [0.1, 0.15) is 6.61 Å². The summed E-state index contributed by atoms with van der Waals surface area (Å²) in [5, 5.41) is 2.90. The first-order valence-corrected chi connectivity index (χ1v) is 6.50. The third-order valence-electron chi connectivity index (χ3n) is 3.19. The second-order valence-electron chi connectivity index (χ2n) is 4.96. The van der Waals surface area contributed by atoms with E-state index in [4.69, 9.17) is 15.2 Å². The predicted octanol–water partition coefficient (Wildman–Crippen LogP) is 0.926. The van der Waals surface area contributed by atoms with Crippen LogP contribution in [0.15, 0.2) is 24.3 Å². The van der Waals surface area contributed by atoms with Gasteiger partial charge in [-0.2, -0.15) is 0 Å². The molecule has 104 valence electrons. The van der Waals surface area contributed by atoms with E-state index in [1.54, 1.807) is 6.07 Å². The molecule has 0 fully saturated rings. The maximum Gasteiger partial charge on any atom is 0.264 e. The topological polar surface area (TPSA) is 73.6 Å². The maximum absolute atomic E-state index is 12.1. The fourth-order valence-electron chi connectivity index (χ4n) is 1.92. The second kappa shape index (κ2) is 5.93. The summed E-state index contributed by atoms with van der Waals surface area (Å²) in [6.45, 7) is 4.67. The van der Waals surface area contributed by atoms with Crippen LogP contribution >= 0.6 is 0 Å². The number of fused-ring (bicyclic) bond motifs is 1. The van der Waals surface area contributed by atoms with Gasteiger partial charge in [0.15, 0.2) is 11.5 Å². The standard InChI is InChI=1S/C14H20N2O3/c1-9(2)10(7-15)16-14(17)13-8-18-11-5-3-4-6-12(11)19-13/h3-6,9-10,13H,7-8,15H2,1-2H3,(H,16,17). The summed E-state index contributed by atoms with van der Waals surface area (Å²) in [5.41, 5.74) is 5.64. The van der Waals surface area contributed by atoms with Crippen molar-refractivity contribution in [2.45, 2.75) is 26.0 Å². The molecule has 1 aromatic rings. The van der Waals surface area contributed by atoms with Gasteiger partial charge in [0, 0.05) is 12.6 Å². The molecular weight excluding hydrogens is 244 g/mol. The Bertz CT molecular complexity index is 448. The lowest BCUT2D eigenvalue weighted by Crippen LogP contribution is -2.51. The Morgan fingerprint density at radius 2 is 2.11 bits per heavy atom. The van der Waals surface area contributed by atoms with E-state index >= 15 is 0 Å². The van der Waals surface area contributed by atoms with Crippen molar-refractivity contribution in [3.8, 4) is 11.5 Å². The number of ether oxygens (including phenoxy) is 2. The van der Waals surface area contributed by atoms with Crippen LogP contribution in [0, 0.1) is 5.92 Å². The fourth-order valence-corrected chi connectivity index (χ4v) is 1.92. The van der Waals surface area contributed by atoms with Gasteiger partial charge in [-0.05, 0) is 18.1 Å². The molecule has 0 bridgehead atoms. The lowest BCUT2D eigenvalue weighted by Gasteiger charge is -2.28. The third kappa shape index (κ3) is 3.17. The molecule has 2 rings (SSSR count). The van der Waals surface area contributed by atoms with Gasteiger partial charge in [0.2, 0.25) is 6.10 Å². The van der Waals surface area contributed by atoms with Crippen molar-refractivity contribution in [2.24, 2.45) is 11.7 Å². The van der Waals surface area contributed by atoms with Crippen LogP contribution in [0.2, 0.25) is 0 Å². The van der Waals surface area contributed by atoms with Crippen molar-refractivity contribution in [1.29, 1.82) is 0 Å². The van der Waals surface area contributed by atoms with Crippen molar-refractivity contribution in [1.82, 2.24) is 5.32 Å². The van der Waals surface area contributed by atoms with Gasteiger partial charge < -0.3 is 20.5 Å². The number of benzene rings is 1.